The van der Waals surface area contributed by atoms with E-state index in [1.807, 2.05) is 0 Å². The monoisotopic (exact) mass is 336 g/mol. The van der Waals surface area contributed by atoms with E-state index < -0.39 is 15.6 Å². The van der Waals surface area contributed by atoms with Crippen LogP contribution >= 0.6 is 15.9 Å². The molecule has 5 nitrogen and oxygen atoms in total. The minimum absolute atomic E-state index is 0.160. The van der Waals surface area contributed by atoms with Crippen LogP contribution in [0.15, 0.2) is 27.6 Å². The SMILES string of the molecule is COc1ccc(S(=O)(=O)NCC(C)(C)N)c(Br)c1. The molecule has 0 fully saturated rings. The van der Waals surface area contributed by atoms with Gasteiger partial charge in [0.25, 0.3) is 0 Å². The number of ether oxygens (including phenoxy) is 1. The standard InChI is InChI=1S/C11H17BrN2O3S/c1-11(2,13)7-14-18(15,16)10-5-4-8(17-3)6-9(10)12/h4-6,14H,7,13H2,1-3H3. The summed E-state index contributed by atoms with van der Waals surface area (Å²) in [5.41, 5.74) is 5.14. The molecule has 0 heterocycles. The highest BCUT2D eigenvalue weighted by molar-refractivity contribution is 9.10. The summed E-state index contributed by atoms with van der Waals surface area (Å²) >= 11 is 3.21. The Kier molecular flexibility index (Phi) is 4.77. The van der Waals surface area contributed by atoms with Crippen LogP contribution in [0.5, 0.6) is 5.75 Å². The van der Waals surface area contributed by atoms with Crippen molar-refractivity contribution >= 4 is 26.0 Å². The predicted molar refractivity (Wildman–Crippen MR) is 74.1 cm³/mol. The van der Waals surface area contributed by atoms with Crippen molar-refractivity contribution in [1.29, 1.82) is 0 Å². The third-order valence-corrected chi connectivity index (χ3v) is 4.52. The van der Waals surface area contributed by atoms with Gasteiger partial charge in [-0.3, -0.25) is 0 Å². The molecule has 0 unspecified atom stereocenters. The summed E-state index contributed by atoms with van der Waals surface area (Å²) in [6.45, 7) is 3.66. The van der Waals surface area contributed by atoms with Crippen molar-refractivity contribution < 1.29 is 13.2 Å². The van der Waals surface area contributed by atoms with Crippen molar-refractivity contribution in [2.75, 3.05) is 13.7 Å². The first kappa shape index (κ1) is 15.4. The van der Waals surface area contributed by atoms with Crippen molar-refractivity contribution in [1.82, 2.24) is 4.72 Å². The molecule has 0 saturated carbocycles. The number of hydrogen-bond donors (Lipinski definition) is 2. The van der Waals surface area contributed by atoms with Gasteiger partial charge in [0.2, 0.25) is 10.0 Å². The van der Waals surface area contributed by atoms with Crippen molar-refractivity contribution in [2.24, 2.45) is 5.73 Å². The molecule has 0 bridgehead atoms. The van der Waals surface area contributed by atoms with Gasteiger partial charge in [-0.05, 0) is 48.0 Å². The molecular weight excluding hydrogens is 320 g/mol. The maximum atomic E-state index is 12.1. The van der Waals surface area contributed by atoms with Gasteiger partial charge in [-0.1, -0.05) is 0 Å². The Bertz CT molecular complexity index is 524. The summed E-state index contributed by atoms with van der Waals surface area (Å²) in [4.78, 5) is 0.160. The molecule has 1 aromatic rings. The van der Waals surface area contributed by atoms with E-state index in [0.29, 0.717) is 10.2 Å². The summed E-state index contributed by atoms with van der Waals surface area (Å²) < 4.78 is 32.1. The van der Waals surface area contributed by atoms with E-state index in [1.165, 1.54) is 13.2 Å². The zero-order valence-corrected chi connectivity index (χ0v) is 12.9. The molecule has 102 valence electrons. The van der Waals surface area contributed by atoms with Gasteiger partial charge in [0.05, 0.1) is 12.0 Å². The van der Waals surface area contributed by atoms with E-state index in [4.69, 9.17) is 10.5 Å². The first-order chi connectivity index (χ1) is 8.15. The molecule has 3 N–H and O–H groups in total. The van der Waals surface area contributed by atoms with Gasteiger partial charge in [-0.2, -0.15) is 0 Å². The van der Waals surface area contributed by atoms with Crippen molar-refractivity contribution in [3.8, 4) is 5.75 Å². The molecule has 0 aliphatic heterocycles. The maximum Gasteiger partial charge on any atom is 0.241 e. The number of rotatable bonds is 5. The quantitative estimate of drug-likeness (QED) is 0.853. The van der Waals surface area contributed by atoms with Crippen molar-refractivity contribution in [3.05, 3.63) is 22.7 Å². The normalized spacial score (nSPS) is 12.5. The van der Waals surface area contributed by atoms with Gasteiger partial charge in [0.15, 0.2) is 0 Å². The second kappa shape index (κ2) is 5.56. The van der Waals surface area contributed by atoms with E-state index in [-0.39, 0.29) is 11.4 Å². The lowest BCUT2D eigenvalue weighted by atomic mass is 10.1. The Morgan fingerprint density at radius 3 is 2.50 bits per heavy atom. The highest BCUT2D eigenvalue weighted by atomic mass is 79.9. The summed E-state index contributed by atoms with van der Waals surface area (Å²) in [5.74, 6) is 0.583. The van der Waals surface area contributed by atoms with Gasteiger partial charge in [0, 0.05) is 16.6 Å². The molecule has 1 rings (SSSR count). The van der Waals surface area contributed by atoms with E-state index in [1.54, 1.807) is 26.0 Å². The third kappa shape index (κ3) is 4.24. The average Bonchev–Trinajstić information content (AvgIpc) is 2.25. The van der Waals surface area contributed by atoms with Crippen LogP contribution < -0.4 is 15.2 Å². The number of sulfonamides is 1. The van der Waals surface area contributed by atoms with Crippen LogP contribution in [0.4, 0.5) is 0 Å². The number of nitrogens with one attached hydrogen (secondary N) is 1. The van der Waals surface area contributed by atoms with Crippen LogP contribution in [-0.4, -0.2) is 27.6 Å². The smallest absolute Gasteiger partial charge is 0.241 e. The van der Waals surface area contributed by atoms with E-state index in [9.17, 15) is 8.42 Å². The minimum Gasteiger partial charge on any atom is -0.497 e. The highest BCUT2D eigenvalue weighted by Gasteiger charge is 2.21. The van der Waals surface area contributed by atoms with Gasteiger partial charge < -0.3 is 10.5 Å². The van der Waals surface area contributed by atoms with Gasteiger partial charge in [-0.15, -0.1) is 0 Å². The Morgan fingerprint density at radius 1 is 1.44 bits per heavy atom. The van der Waals surface area contributed by atoms with Crippen LogP contribution in [0.3, 0.4) is 0 Å². The van der Waals surface area contributed by atoms with Crippen molar-refractivity contribution in [3.63, 3.8) is 0 Å². The number of halogens is 1. The Balaban J connectivity index is 2.99. The van der Waals surface area contributed by atoms with Gasteiger partial charge in [-0.25, -0.2) is 13.1 Å². The number of benzene rings is 1. The van der Waals surface area contributed by atoms with Gasteiger partial charge >= 0.3 is 0 Å². The fraction of sp³-hybridized carbons (Fsp3) is 0.455. The summed E-state index contributed by atoms with van der Waals surface area (Å²) in [6.07, 6.45) is 0. The Labute approximate surface area is 116 Å². The lowest BCUT2D eigenvalue weighted by Crippen LogP contribution is -2.45. The average molecular weight is 337 g/mol. The summed E-state index contributed by atoms with van der Waals surface area (Å²) in [6, 6.07) is 4.67. The number of methoxy groups -OCH3 is 1. The lowest BCUT2D eigenvalue weighted by molar-refractivity contribution is 0.414. The zero-order valence-electron chi connectivity index (χ0n) is 10.5. The number of nitrogens with two attached hydrogens (primary N) is 1. The molecule has 0 radical (unpaired) electrons. The fourth-order valence-electron chi connectivity index (χ4n) is 1.19. The first-order valence-electron chi connectivity index (χ1n) is 5.28. The molecule has 0 aliphatic carbocycles. The molecule has 0 aromatic heterocycles. The van der Waals surface area contributed by atoms with Crippen LogP contribution in [0.2, 0.25) is 0 Å². The Morgan fingerprint density at radius 2 is 2.06 bits per heavy atom. The molecule has 18 heavy (non-hydrogen) atoms. The second-order valence-corrected chi connectivity index (χ2v) is 7.20. The molecule has 0 saturated heterocycles. The highest BCUT2D eigenvalue weighted by Crippen LogP contribution is 2.26. The Hall–Kier alpha value is -0.630. The molecule has 0 spiro atoms. The molecule has 1 aromatic carbocycles. The first-order valence-corrected chi connectivity index (χ1v) is 7.55. The molecule has 7 heteroatoms. The molecule has 0 aliphatic rings. The largest absolute Gasteiger partial charge is 0.497 e. The van der Waals surface area contributed by atoms with Gasteiger partial charge in [0.1, 0.15) is 5.75 Å². The van der Waals surface area contributed by atoms with Crippen LogP contribution in [0, 0.1) is 0 Å². The van der Waals surface area contributed by atoms with E-state index in [0.717, 1.165) is 0 Å². The van der Waals surface area contributed by atoms with Crippen LogP contribution in [0.1, 0.15) is 13.8 Å². The molecule has 0 amide bonds. The van der Waals surface area contributed by atoms with Crippen LogP contribution in [0.25, 0.3) is 0 Å². The summed E-state index contributed by atoms with van der Waals surface area (Å²) in [5, 5.41) is 0. The fourth-order valence-corrected chi connectivity index (χ4v) is 3.46. The third-order valence-electron chi connectivity index (χ3n) is 2.15. The van der Waals surface area contributed by atoms with E-state index >= 15 is 0 Å². The summed E-state index contributed by atoms with van der Waals surface area (Å²) in [7, 11) is -2.06. The molecular formula is C11H17BrN2O3S. The van der Waals surface area contributed by atoms with Crippen LogP contribution in [-0.2, 0) is 10.0 Å². The van der Waals surface area contributed by atoms with Crippen molar-refractivity contribution in [2.45, 2.75) is 24.3 Å². The minimum atomic E-state index is -3.58. The topological polar surface area (TPSA) is 81.4 Å². The zero-order chi connectivity index (χ0) is 14.0. The molecule has 0 atom stereocenters. The number of hydrogen-bond acceptors (Lipinski definition) is 4. The predicted octanol–water partition coefficient (Wildman–Crippen LogP) is 1.47. The second-order valence-electron chi connectivity index (χ2n) is 4.61. The van der Waals surface area contributed by atoms with E-state index in [2.05, 4.69) is 20.7 Å². The maximum absolute atomic E-state index is 12.1. The lowest BCUT2D eigenvalue weighted by Gasteiger charge is -2.19.